The molecule has 49 heavy (non-hydrogen) atoms. The zero-order chi connectivity index (χ0) is 32.4. The van der Waals surface area contributed by atoms with Gasteiger partial charge in [-0.15, -0.1) is 0 Å². The van der Waals surface area contributed by atoms with Crippen LogP contribution in [0.25, 0.3) is 67.4 Å². The van der Waals surface area contributed by atoms with Crippen LogP contribution in [0.3, 0.4) is 0 Å². The second-order valence-electron chi connectivity index (χ2n) is 12.8. The van der Waals surface area contributed by atoms with Crippen molar-refractivity contribution in [3.8, 4) is 67.4 Å². The van der Waals surface area contributed by atoms with Gasteiger partial charge in [0.15, 0.2) is 5.82 Å². The Hall–Kier alpha value is -6.45. The van der Waals surface area contributed by atoms with Crippen LogP contribution >= 0.6 is 0 Å². The number of fused-ring (bicyclic) bond motifs is 10. The third-order valence-corrected chi connectivity index (χ3v) is 10.2. The van der Waals surface area contributed by atoms with Crippen LogP contribution in [0.15, 0.2) is 176 Å². The maximum Gasteiger partial charge on any atom is 0.160 e. The monoisotopic (exact) mass is 623 g/mol. The Labute approximate surface area is 285 Å². The summed E-state index contributed by atoms with van der Waals surface area (Å²) < 4.78 is 0. The summed E-state index contributed by atoms with van der Waals surface area (Å²) in [6.45, 7) is 0. The predicted molar refractivity (Wildman–Crippen MR) is 198 cm³/mol. The predicted octanol–water partition coefficient (Wildman–Crippen LogP) is 10.9. The van der Waals surface area contributed by atoms with E-state index in [-0.39, 0.29) is 0 Å². The zero-order valence-electron chi connectivity index (χ0n) is 26.6. The zero-order valence-corrected chi connectivity index (χ0v) is 26.6. The molecule has 3 nitrogen and oxygen atoms in total. The van der Waals surface area contributed by atoms with E-state index >= 15 is 0 Å². The van der Waals surface area contributed by atoms with Crippen molar-refractivity contribution in [3.63, 3.8) is 0 Å². The largest absolute Gasteiger partial charge is 0.256 e. The molecule has 0 saturated carbocycles. The number of nitrogens with zero attached hydrogens (tertiary/aromatic N) is 3. The van der Waals surface area contributed by atoms with E-state index in [1.54, 1.807) is 0 Å². The van der Waals surface area contributed by atoms with Crippen LogP contribution in [0.1, 0.15) is 22.3 Å². The standard InChI is InChI=1S/C46H29N3/c1-2-12-32(13-3-1)45-48-43(31-23-21-30(22-24-31)42-20-10-11-27-47-42)29-44(49-45)33-25-26-37-36-16-6-9-19-40(36)46(41(37)28-33)38-17-7-4-14-34(38)35-15-5-8-18-39(35)46/h1-29H. The fraction of sp³-hybridized carbons (Fsp3) is 0.0217. The first kappa shape index (κ1) is 27.6. The molecule has 8 aromatic rings. The van der Waals surface area contributed by atoms with Crippen LogP contribution in [0.5, 0.6) is 0 Å². The van der Waals surface area contributed by atoms with Crippen molar-refractivity contribution in [2.24, 2.45) is 0 Å². The minimum Gasteiger partial charge on any atom is -0.256 e. The van der Waals surface area contributed by atoms with Gasteiger partial charge >= 0.3 is 0 Å². The highest BCUT2D eigenvalue weighted by atomic mass is 14.9. The third-order valence-electron chi connectivity index (χ3n) is 10.2. The summed E-state index contributed by atoms with van der Waals surface area (Å²) in [5, 5.41) is 0. The lowest BCUT2D eigenvalue weighted by molar-refractivity contribution is 0.794. The van der Waals surface area contributed by atoms with E-state index in [1.165, 1.54) is 44.5 Å². The molecule has 2 aliphatic carbocycles. The van der Waals surface area contributed by atoms with Crippen LogP contribution in [-0.2, 0) is 5.41 Å². The Morgan fingerprint density at radius 3 is 1.41 bits per heavy atom. The fourth-order valence-corrected chi connectivity index (χ4v) is 8.06. The molecule has 10 rings (SSSR count). The van der Waals surface area contributed by atoms with Crippen molar-refractivity contribution in [3.05, 3.63) is 198 Å². The van der Waals surface area contributed by atoms with Crippen LogP contribution in [-0.4, -0.2) is 15.0 Å². The lowest BCUT2D eigenvalue weighted by Crippen LogP contribution is -2.25. The van der Waals surface area contributed by atoms with Gasteiger partial charge in [0, 0.05) is 28.5 Å². The number of pyridine rings is 1. The second kappa shape index (κ2) is 10.8. The Bertz CT molecular complexity index is 2470. The number of benzene rings is 6. The van der Waals surface area contributed by atoms with Crippen LogP contribution in [0.2, 0.25) is 0 Å². The SMILES string of the molecule is c1ccc(-c2nc(-c3ccc(-c4ccccn4)cc3)cc(-c3ccc4c(c3)C3(c5ccccc5-c5ccccc53)c3ccccc3-4)n2)cc1. The summed E-state index contributed by atoms with van der Waals surface area (Å²) in [6, 6.07) is 60.6. The van der Waals surface area contributed by atoms with Crippen molar-refractivity contribution < 1.29 is 0 Å². The van der Waals surface area contributed by atoms with Gasteiger partial charge in [0.1, 0.15) is 0 Å². The number of hydrogen-bond acceptors (Lipinski definition) is 3. The summed E-state index contributed by atoms with van der Waals surface area (Å²) in [5.41, 5.74) is 16.9. The molecular formula is C46H29N3. The van der Waals surface area contributed by atoms with Crippen LogP contribution in [0.4, 0.5) is 0 Å². The molecule has 0 amide bonds. The van der Waals surface area contributed by atoms with Gasteiger partial charge in [-0.2, -0.15) is 0 Å². The Morgan fingerprint density at radius 1 is 0.327 bits per heavy atom. The summed E-state index contributed by atoms with van der Waals surface area (Å²) in [5.74, 6) is 0.706. The molecule has 3 heteroatoms. The van der Waals surface area contributed by atoms with Crippen LogP contribution < -0.4 is 0 Å². The highest BCUT2D eigenvalue weighted by Crippen LogP contribution is 2.63. The lowest BCUT2D eigenvalue weighted by atomic mass is 9.70. The summed E-state index contributed by atoms with van der Waals surface area (Å²) >= 11 is 0. The first-order valence-corrected chi connectivity index (χ1v) is 16.7. The lowest BCUT2D eigenvalue weighted by Gasteiger charge is -2.30. The molecule has 0 fully saturated rings. The van der Waals surface area contributed by atoms with Gasteiger partial charge < -0.3 is 0 Å². The summed E-state index contributed by atoms with van der Waals surface area (Å²) in [6.07, 6.45) is 1.83. The molecule has 0 N–H and O–H groups in total. The molecule has 0 aliphatic heterocycles. The number of hydrogen-bond donors (Lipinski definition) is 0. The van der Waals surface area contributed by atoms with Crippen LogP contribution in [0, 0.1) is 0 Å². The fourth-order valence-electron chi connectivity index (χ4n) is 8.06. The van der Waals surface area contributed by atoms with Crippen molar-refractivity contribution in [2.75, 3.05) is 0 Å². The van der Waals surface area contributed by atoms with E-state index in [0.29, 0.717) is 5.82 Å². The third kappa shape index (κ3) is 4.12. The van der Waals surface area contributed by atoms with Gasteiger partial charge in [0.2, 0.25) is 0 Å². The van der Waals surface area contributed by atoms with Gasteiger partial charge in [0.05, 0.1) is 22.5 Å². The van der Waals surface area contributed by atoms with Crippen molar-refractivity contribution in [1.29, 1.82) is 0 Å². The first-order chi connectivity index (χ1) is 24.3. The van der Waals surface area contributed by atoms with Crippen molar-refractivity contribution in [1.82, 2.24) is 15.0 Å². The van der Waals surface area contributed by atoms with Crippen molar-refractivity contribution >= 4 is 0 Å². The van der Waals surface area contributed by atoms with E-state index < -0.39 is 5.41 Å². The number of aromatic nitrogens is 3. The molecular weight excluding hydrogens is 595 g/mol. The number of rotatable bonds is 4. The summed E-state index contributed by atoms with van der Waals surface area (Å²) in [7, 11) is 0. The highest BCUT2D eigenvalue weighted by molar-refractivity contribution is 5.95. The molecule has 0 radical (unpaired) electrons. The molecule has 0 atom stereocenters. The Balaban J connectivity index is 1.18. The quantitative estimate of drug-likeness (QED) is 0.196. The van der Waals surface area contributed by atoms with Gasteiger partial charge in [-0.25, -0.2) is 9.97 Å². The molecule has 1 spiro atoms. The molecule has 2 heterocycles. The molecule has 2 aromatic heterocycles. The average molecular weight is 624 g/mol. The van der Waals surface area contributed by atoms with Gasteiger partial charge in [-0.1, -0.05) is 146 Å². The molecule has 2 aliphatic rings. The topological polar surface area (TPSA) is 38.7 Å². The van der Waals surface area contributed by atoms with E-state index in [4.69, 9.17) is 9.97 Å². The van der Waals surface area contributed by atoms with Gasteiger partial charge in [-0.3, -0.25) is 4.98 Å². The maximum absolute atomic E-state index is 5.22. The van der Waals surface area contributed by atoms with E-state index in [2.05, 4.69) is 138 Å². The highest BCUT2D eigenvalue weighted by Gasteiger charge is 2.51. The summed E-state index contributed by atoms with van der Waals surface area (Å²) in [4.78, 5) is 14.9. The second-order valence-corrected chi connectivity index (χ2v) is 12.8. The molecule has 0 bridgehead atoms. The Kier molecular flexibility index (Phi) is 6.09. The van der Waals surface area contributed by atoms with E-state index in [1.807, 2.05) is 42.6 Å². The maximum atomic E-state index is 5.22. The Morgan fingerprint density at radius 2 is 0.816 bits per heavy atom. The molecule has 228 valence electrons. The van der Waals surface area contributed by atoms with Crippen molar-refractivity contribution in [2.45, 2.75) is 5.41 Å². The minimum absolute atomic E-state index is 0.408. The normalized spacial score (nSPS) is 13.1. The smallest absolute Gasteiger partial charge is 0.160 e. The van der Waals surface area contributed by atoms with E-state index in [9.17, 15) is 0 Å². The molecule has 0 saturated heterocycles. The van der Waals surface area contributed by atoms with Gasteiger partial charge in [0.25, 0.3) is 0 Å². The van der Waals surface area contributed by atoms with E-state index in [0.717, 1.165) is 39.3 Å². The van der Waals surface area contributed by atoms with Gasteiger partial charge in [-0.05, 0) is 68.8 Å². The molecule has 0 unspecified atom stereocenters. The average Bonchev–Trinajstić information content (AvgIpc) is 3.66. The molecule has 6 aromatic carbocycles. The minimum atomic E-state index is -0.408. The first-order valence-electron chi connectivity index (χ1n) is 16.7.